The van der Waals surface area contributed by atoms with Gasteiger partial charge in [0.2, 0.25) is 17.7 Å². The second-order valence-corrected chi connectivity index (χ2v) is 21.4. The molecule has 2 aliphatic rings. The van der Waals surface area contributed by atoms with E-state index in [1.165, 1.54) is 30.9 Å². The average molecular weight is 993 g/mol. The highest BCUT2D eigenvalue weighted by molar-refractivity contribution is 7.13. The number of amides is 3. The van der Waals surface area contributed by atoms with Crippen molar-refractivity contribution in [2.24, 2.45) is 5.41 Å². The summed E-state index contributed by atoms with van der Waals surface area (Å²) in [4.78, 5) is 52.7. The molecule has 6 aromatic rings. The highest BCUT2D eigenvalue weighted by Gasteiger charge is 2.45. The molecule has 0 bridgehead atoms. The Bertz CT molecular complexity index is 2830. The van der Waals surface area contributed by atoms with Gasteiger partial charge in [0.1, 0.15) is 48.4 Å². The molecule has 0 aliphatic carbocycles. The van der Waals surface area contributed by atoms with Crippen LogP contribution in [0.25, 0.3) is 21.3 Å². The molecule has 71 heavy (non-hydrogen) atoms. The molecule has 2 aliphatic heterocycles. The summed E-state index contributed by atoms with van der Waals surface area (Å²) in [7, 11) is 0. The SMILES string of the molecule is Cc1ncsc1-c1ccc(CNC(=O)[C@@H]2C[C@@H](O)CN2C(=O)[C@@H](NC(=O)COCCc2ccc(COc3cc(F)c([C@@H]4c5[nH]c6ccccc6c5C[C@@H](C)N4CC(C)(C)F)c(F)c3)cc2)C(C)(C)C)cc1. The first-order valence-electron chi connectivity index (χ1n) is 24.1. The Hall–Kier alpha value is -6.07. The van der Waals surface area contributed by atoms with Gasteiger partial charge in [-0.3, -0.25) is 19.3 Å². The number of aliphatic hydroxyl groups excluding tert-OH is 1. The lowest BCUT2D eigenvalue weighted by atomic mass is 9.85. The number of carbonyl (C=O) groups is 3. The van der Waals surface area contributed by atoms with Crippen molar-refractivity contribution in [3.63, 3.8) is 0 Å². The van der Waals surface area contributed by atoms with E-state index in [2.05, 4.69) is 20.6 Å². The smallest absolute Gasteiger partial charge is 0.246 e. The Balaban J connectivity index is 0.819. The molecule has 1 fully saturated rings. The number of fused-ring (bicyclic) bond motifs is 3. The zero-order valence-corrected chi connectivity index (χ0v) is 42.1. The van der Waals surface area contributed by atoms with E-state index in [-0.39, 0.29) is 69.1 Å². The van der Waals surface area contributed by atoms with Gasteiger partial charge < -0.3 is 35.1 Å². The van der Waals surface area contributed by atoms with Gasteiger partial charge in [-0.1, -0.05) is 87.5 Å². The van der Waals surface area contributed by atoms with E-state index < -0.39 is 58.8 Å². The molecular weight excluding hydrogens is 930 g/mol. The Morgan fingerprint density at radius 3 is 2.30 bits per heavy atom. The van der Waals surface area contributed by atoms with Crippen molar-refractivity contribution in [2.75, 3.05) is 26.3 Å². The van der Waals surface area contributed by atoms with E-state index in [0.29, 0.717) is 18.5 Å². The van der Waals surface area contributed by atoms with Crippen molar-refractivity contribution in [1.82, 2.24) is 30.4 Å². The summed E-state index contributed by atoms with van der Waals surface area (Å²) < 4.78 is 59.2. The Kier molecular flexibility index (Phi) is 15.4. The number of benzene rings is 4. The van der Waals surface area contributed by atoms with Gasteiger partial charge in [-0.05, 0) is 79.8 Å². The Morgan fingerprint density at radius 2 is 1.63 bits per heavy atom. The topological polar surface area (TPSA) is 149 Å². The lowest BCUT2D eigenvalue weighted by molar-refractivity contribution is -0.144. The average Bonchev–Trinajstić information content (AvgIpc) is 4.04. The minimum atomic E-state index is -1.61. The third kappa shape index (κ3) is 12.0. The molecule has 4 aromatic carbocycles. The zero-order valence-electron chi connectivity index (χ0n) is 41.3. The van der Waals surface area contributed by atoms with Crippen LogP contribution in [0.1, 0.15) is 93.2 Å². The number of ether oxygens (including phenoxy) is 2. The van der Waals surface area contributed by atoms with Crippen molar-refractivity contribution in [3.05, 3.63) is 141 Å². The van der Waals surface area contributed by atoms with Crippen molar-refractivity contribution < 1.29 is 42.1 Å². The van der Waals surface area contributed by atoms with Gasteiger partial charge >= 0.3 is 0 Å². The highest BCUT2D eigenvalue weighted by atomic mass is 32.1. The highest BCUT2D eigenvalue weighted by Crippen LogP contribution is 2.44. The standard InChI is InChI=1S/C55H63F3N6O6S/c1-32-22-41-40-10-8-9-11-44(40)61-48(41)49(64(32)30-55(6,7)58)47-42(56)24-39(25-43(47)57)70-28-36-14-12-34(13-15-36)20-21-69-29-46(66)62-51(54(3,4)5)53(68)63-27-38(65)23-45(63)52(67)59-26-35-16-18-37(19-17-35)50-33(2)60-31-71-50/h8-19,24-25,31-32,38,45,49,51,61,65H,20-23,26-30H2,1-7H3,(H,59,67)(H,62,66)/t32-,38-,45+,49-,51-/m1/s1. The largest absolute Gasteiger partial charge is 0.489 e. The molecule has 4 heterocycles. The van der Waals surface area contributed by atoms with Gasteiger partial charge in [0.15, 0.2) is 0 Å². The molecule has 12 nitrogen and oxygen atoms in total. The number of nitrogens with zero attached hydrogens (tertiary/aromatic N) is 3. The zero-order chi connectivity index (χ0) is 50.8. The van der Waals surface area contributed by atoms with Crippen molar-refractivity contribution in [1.29, 1.82) is 0 Å². The maximum atomic E-state index is 16.2. The fourth-order valence-corrected chi connectivity index (χ4v) is 10.5. The number of aryl methyl sites for hydroxylation is 1. The van der Waals surface area contributed by atoms with E-state index in [1.54, 1.807) is 16.8 Å². The van der Waals surface area contributed by atoms with Gasteiger partial charge in [-0.25, -0.2) is 18.2 Å². The van der Waals surface area contributed by atoms with Crippen LogP contribution in [-0.2, 0) is 45.1 Å². The van der Waals surface area contributed by atoms with Crippen molar-refractivity contribution in [3.8, 4) is 16.2 Å². The molecule has 376 valence electrons. The number of H-pyrrole nitrogens is 1. The van der Waals surface area contributed by atoms with Gasteiger partial charge in [0.25, 0.3) is 0 Å². The number of halogens is 3. The minimum Gasteiger partial charge on any atom is -0.489 e. The first-order chi connectivity index (χ1) is 33.7. The summed E-state index contributed by atoms with van der Waals surface area (Å²) in [5.74, 6) is -2.90. The number of likely N-dealkylation sites (tertiary alicyclic amines) is 1. The number of hydrogen-bond donors (Lipinski definition) is 4. The molecule has 5 atom stereocenters. The van der Waals surface area contributed by atoms with Crippen LogP contribution in [0.5, 0.6) is 5.75 Å². The van der Waals surface area contributed by atoms with Gasteiger partial charge in [0, 0.05) is 66.4 Å². The predicted octanol–water partition coefficient (Wildman–Crippen LogP) is 8.91. The Labute approximate surface area is 417 Å². The number of thiazole rings is 1. The summed E-state index contributed by atoms with van der Waals surface area (Å²) in [5, 5.41) is 17.3. The lowest BCUT2D eigenvalue weighted by Crippen LogP contribution is -2.58. The molecule has 2 aromatic heterocycles. The number of para-hydroxylation sites is 1. The third-order valence-corrected chi connectivity index (χ3v) is 14.3. The summed E-state index contributed by atoms with van der Waals surface area (Å²) in [5.41, 5.74) is 6.32. The molecule has 3 amide bonds. The predicted molar refractivity (Wildman–Crippen MR) is 268 cm³/mol. The molecule has 0 spiro atoms. The molecular formula is C55H63F3N6O6S. The number of rotatable bonds is 17. The van der Waals surface area contributed by atoms with E-state index in [4.69, 9.17) is 9.47 Å². The van der Waals surface area contributed by atoms with Crippen LogP contribution in [0.15, 0.2) is 90.4 Å². The molecule has 1 saturated heterocycles. The molecule has 0 unspecified atom stereocenters. The van der Waals surface area contributed by atoms with Crippen molar-refractivity contribution >= 4 is 40.0 Å². The van der Waals surface area contributed by atoms with E-state index in [0.717, 1.165) is 49.3 Å². The van der Waals surface area contributed by atoms with Gasteiger partial charge in [0.05, 0.1) is 34.8 Å². The first-order valence-corrected chi connectivity index (χ1v) is 25.0. The summed E-state index contributed by atoms with van der Waals surface area (Å²) in [6, 6.07) is 22.4. The Morgan fingerprint density at radius 1 is 0.958 bits per heavy atom. The maximum Gasteiger partial charge on any atom is 0.246 e. The number of carbonyl (C=O) groups excluding carboxylic acids is 3. The van der Waals surface area contributed by atoms with E-state index in [9.17, 15) is 19.5 Å². The monoisotopic (exact) mass is 992 g/mol. The number of aliphatic hydroxyl groups is 1. The minimum absolute atomic E-state index is 0.0209. The quantitative estimate of drug-likeness (QED) is 0.0663. The van der Waals surface area contributed by atoms with Crippen LogP contribution in [0, 0.1) is 24.0 Å². The third-order valence-electron chi connectivity index (χ3n) is 13.3. The number of β-amino-alcohol motifs (C(OH)–C–C–N with tert-alkyl or cyclic N) is 1. The maximum absolute atomic E-state index is 16.2. The second-order valence-electron chi connectivity index (χ2n) is 20.6. The first kappa shape index (κ1) is 51.3. The number of nitrogens with one attached hydrogen (secondary N) is 3. The number of aromatic amines is 1. The number of hydrogen-bond acceptors (Lipinski definition) is 9. The van der Waals surface area contributed by atoms with Crippen LogP contribution >= 0.6 is 11.3 Å². The second kappa shape index (κ2) is 21.3. The number of alkyl halides is 1. The molecule has 0 radical (unpaired) electrons. The van der Waals surface area contributed by atoms with E-state index >= 15 is 13.2 Å². The molecule has 16 heteroatoms. The van der Waals surface area contributed by atoms with Crippen LogP contribution in [-0.4, -0.2) is 98.8 Å². The molecule has 8 rings (SSSR count). The van der Waals surface area contributed by atoms with Crippen molar-refractivity contribution in [2.45, 2.75) is 117 Å². The van der Waals surface area contributed by atoms with E-state index in [1.807, 2.05) is 112 Å². The van der Waals surface area contributed by atoms with Crippen LogP contribution in [0.4, 0.5) is 13.2 Å². The lowest BCUT2D eigenvalue weighted by Gasteiger charge is -2.43. The number of aromatic nitrogens is 2. The summed E-state index contributed by atoms with van der Waals surface area (Å²) in [6.45, 7) is 12.4. The normalized spacial score (nSPS) is 18.9. The fourth-order valence-electron chi connectivity index (χ4n) is 9.71. The van der Waals surface area contributed by atoms with Crippen LogP contribution in [0.2, 0.25) is 0 Å². The van der Waals surface area contributed by atoms with Crippen LogP contribution in [0.3, 0.4) is 0 Å². The molecule has 4 N–H and O–H groups in total. The fraction of sp³-hybridized carbons (Fsp3) is 0.418. The molecule has 0 saturated carbocycles. The summed E-state index contributed by atoms with van der Waals surface area (Å²) in [6.07, 6.45) is 0.257. The van der Waals surface area contributed by atoms with Gasteiger partial charge in [-0.2, -0.15) is 0 Å². The van der Waals surface area contributed by atoms with Gasteiger partial charge in [-0.15, -0.1) is 11.3 Å². The van der Waals surface area contributed by atoms with Crippen LogP contribution < -0.4 is 15.4 Å². The summed E-state index contributed by atoms with van der Waals surface area (Å²) >= 11 is 1.56.